The Hall–Kier alpha value is -3.74. The maximum Gasteiger partial charge on any atom is 0.338 e. The van der Waals surface area contributed by atoms with Crippen molar-refractivity contribution in [3.8, 4) is 0 Å². The molecule has 1 aliphatic rings. The molecular weight excluding hydrogens is 396 g/mol. The highest BCUT2D eigenvalue weighted by atomic mass is 16.5. The summed E-state index contributed by atoms with van der Waals surface area (Å²) >= 11 is 0. The second-order valence-electron chi connectivity index (χ2n) is 7.55. The third-order valence-electron chi connectivity index (χ3n) is 5.01. The molecule has 0 saturated heterocycles. The number of carbonyl (C=O) groups excluding carboxylic acids is 4. The zero-order valence-electron chi connectivity index (χ0n) is 17.7. The second kappa shape index (κ2) is 8.95. The van der Waals surface area contributed by atoms with E-state index in [1.807, 2.05) is 32.0 Å². The van der Waals surface area contributed by atoms with Gasteiger partial charge in [0.2, 0.25) is 0 Å². The highest BCUT2D eigenvalue weighted by Gasteiger charge is 2.35. The summed E-state index contributed by atoms with van der Waals surface area (Å²) in [6.07, 6.45) is 0.393. The van der Waals surface area contributed by atoms with Gasteiger partial charge in [0.15, 0.2) is 6.10 Å². The number of ether oxygens (including phenoxy) is 1. The van der Waals surface area contributed by atoms with Crippen LogP contribution in [-0.4, -0.2) is 41.2 Å². The van der Waals surface area contributed by atoms with Crippen LogP contribution in [0, 0.1) is 0 Å². The first-order valence-corrected chi connectivity index (χ1v) is 9.96. The van der Waals surface area contributed by atoms with Crippen LogP contribution >= 0.6 is 0 Å². The van der Waals surface area contributed by atoms with Gasteiger partial charge in [0.05, 0.1) is 16.7 Å². The van der Waals surface area contributed by atoms with Crippen molar-refractivity contribution in [2.24, 2.45) is 0 Å². The van der Waals surface area contributed by atoms with Gasteiger partial charge < -0.3 is 10.1 Å². The first-order valence-electron chi connectivity index (χ1n) is 9.96. The van der Waals surface area contributed by atoms with E-state index >= 15 is 0 Å². The molecule has 0 bridgehead atoms. The topological polar surface area (TPSA) is 92.8 Å². The zero-order chi connectivity index (χ0) is 22.7. The van der Waals surface area contributed by atoms with Crippen LogP contribution in [0.25, 0.3) is 0 Å². The highest BCUT2D eigenvalue weighted by Crippen LogP contribution is 2.25. The van der Waals surface area contributed by atoms with Gasteiger partial charge in [0, 0.05) is 12.2 Å². The number of nitrogens with zero attached hydrogens (tertiary/aromatic N) is 1. The van der Waals surface area contributed by atoms with E-state index in [0.29, 0.717) is 5.69 Å². The first kappa shape index (κ1) is 22.0. The Morgan fingerprint density at radius 3 is 2.42 bits per heavy atom. The molecule has 7 nitrogen and oxygen atoms in total. The van der Waals surface area contributed by atoms with Gasteiger partial charge in [-0.2, -0.15) is 0 Å². The maximum absolute atomic E-state index is 12.6. The number of fused-ring (bicyclic) bond motifs is 1. The van der Waals surface area contributed by atoms with E-state index in [1.165, 1.54) is 31.2 Å². The largest absolute Gasteiger partial charge is 0.449 e. The molecule has 1 N–H and O–H groups in total. The second-order valence-corrected chi connectivity index (χ2v) is 7.55. The first-order chi connectivity index (χ1) is 14.7. The predicted octanol–water partition coefficient (Wildman–Crippen LogP) is 3.78. The van der Waals surface area contributed by atoms with Crippen molar-refractivity contribution in [3.63, 3.8) is 0 Å². The lowest BCUT2D eigenvalue weighted by Crippen LogP contribution is -2.30. The number of carbonyl (C=O) groups is 4. The van der Waals surface area contributed by atoms with Gasteiger partial charge in [-0.3, -0.25) is 19.3 Å². The lowest BCUT2D eigenvalue weighted by atomic mass is 10.0. The number of para-hydroxylation sites is 1. The van der Waals surface area contributed by atoms with E-state index in [-0.39, 0.29) is 29.2 Å². The number of rotatable bonds is 7. The molecule has 2 aromatic carbocycles. The standard InChI is InChI=1S/C24H24N2O5/c1-5-12-26-22(28)18-11-10-16(13-19(18)23(26)29)24(30)31-15(4)21(27)25-20-9-7-6-8-17(20)14(2)3/h5-11,13-15H,1,12H2,2-4H3,(H,25,27)/t15-/m1/s1. The van der Waals surface area contributed by atoms with Crippen molar-refractivity contribution in [2.45, 2.75) is 32.8 Å². The molecule has 1 aliphatic heterocycles. The molecule has 0 unspecified atom stereocenters. The Morgan fingerprint density at radius 2 is 1.74 bits per heavy atom. The van der Waals surface area contributed by atoms with E-state index in [2.05, 4.69) is 11.9 Å². The third-order valence-corrected chi connectivity index (χ3v) is 5.01. The minimum absolute atomic E-state index is 0.0845. The summed E-state index contributed by atoms with van der Waals surface area (Å²) in [4.78, 5) is 50.9. The van der Waals surface area contributed by atoms with Crippen LogP contribution in [0.5, 0.6) is 0 Å². The van der Waals surface area contributed by atoms with E-state index < -0.39 is 29.8 Å². The summed E-state index contributed by atoms with van der Waals surface area (Å²) in [6, 6.07) is 11.6. The number of hydrogen-bond donors (Lipinski definition) is 1. The van der Waals surface area contributed by atoms with Gasteiger partial charge in [0.25, 0.3) is 17.7 Å². The van der Waals surface area contributed by atoms with E-state index in [0.717, 1.165) is 10.5 Å². The monoisotopic (exact) mass is 420 g/mol. The van der Waals surface area contributed by atoms with Crippen molar-refractivity contribution in [1.29, 1.82) is 0 Å². The van der Waals surface area contributed by atoms with Gasteiger partial charge in [0.1, 0.15) is 0 Å². The van der Waals surface area contributed by atoms with Crippen molar-refractivity contribution in [1.82, 2.24) is 4.90 Å². The number of benzene rings is 2. The zero-order valence-corrected chi connectivity index (χ0v) is 17.7. The highest BCUT2D eigenvalue weighted by molar-refractivity contribution is 6.22. The van der Waals surface area contributed by atoms with Crippen molar-refractivity contribution < 1.29 is 23.9 Å². The lowest BCUT2D eigenvalue weighted by molar-refractivity contribution is -0.123. The smallest absolute Gasteiger partial charge is 0.338 e. The van der Waals surface area contributed by atoms with Crippen LogP contribution in [0.1, 0.15) is 63.3 Å². The molecule has 0 aliphatic carbocycles. The fourth-order valence-electron chi connectivity index (χ4n) is 3.34. The Morgan fingerprint density at radius 1 is 1.06 bits per heavy atom. The Kier molecular flexibility index (Phi) is 6.34. The van der Waals surface area contributed by atoms with Crippen LogP contribution < -0.4 is 5.32 Å². The molecule has 2 aromatic rings. The summed E-state index contributed by atoms with van der Waals surface area (Å²) in [7, 11) is 0. The average molecular weight is 420 g/mol. The van der Waals surface area contributed by atoms with Crippen LogP contribution in [0.4, 0.5) is 5.69 Å². The summed E-state index contributed by atoms with van der Waals surface area (Å²) in [5.41, 5.74) is 2.07. The predicted molar refractivity (Wildman–Crippen MR) is 116 cm³/mol. The summed E-state index contributed by atoms with van der Waals surface area (Å²) < 4.78 is 5.29. The van der Waals surface area contributed by atoms with E-state index in [1.54, 1.807) is 6.07 Å². The van der Waals surface area contributed by atoms with Crippen molar-refractivity contribution in [3.05, 3.63) is 77.4 Å². The normalized spacial score (nSPS) is 13.7. The molecule has 0 radical (unpaired) electrons. The van der Waals surface area contributed by atoms with Crippen molar-refractivity contribution >= 4 is 29.4 Å². The number of amides is 3. The maximum atomic E-state index is 12.6. The van der Waals surface area contributed by atoms with E-state index in [4.69, 9.17) is 4.74 Å². The minimum atomic E-state index is -1.06. The van der Waals surface area contributed by atoms with Gasteiger partial charge in [-0.25, -0.2) is 4.79 Å². The Labute approximate surface area is 180 Å². The number of hydrogen-bond acceptors (Lipinski definition) is 5. The van der Waals surface area contributed by atoms with Gasteiger partial charge in [-0.05, 0) is 42.7 Å². The number of esters is 1. The molecular formula is C24H24N2O5. The fraction of sp³-hybridized carbons (Fsp3) is 0.250. The SMILES string of the molecule is C=CCN1C(=O)c2ccc(C(=O)O[C@H](C)C(=O)Nc3ccccc3C(C)C)cc2C1=O. The molecule has 3 rings (SSSR count). The quantitative estimate of drug-likeness (QED) is 0.418. The van der Waals surface area contributed by atoms with Crippen LogP contribution in [0.2, 0.25) is 0 Å². The summed E-state index contributed by atoms with van der Waals surface area (Å²) in [5.74, 6) is -1.94. The molecule has 0 saturated carbocycles. The minimum Gasteiger partial charge on any atom is -0.449 e. The molecule has 0 aromatic heterocycles. The third kappa shape index (κ3) is 4.40. The van der Waals surface area contributed by atoms with Crippen LogP contribution in [-0.2, 0) is 9.53 Å². The van der Waals surface area contributed by atoms with E-state index in [9.17, 15) is 19.2 Å². The lowest BCUT2D eigenvalue weighted by Gasteiger charge is -2.17. The van der Waals surface area contributed by atoms with Crippen LogP contribution in [0.15, 0.2) is 55.1 Å². The number of imide groups is 1. The number of anilines is 1. The average Bonchev–Trinajstić information content (AvgIpc) is 2.98. The molecule has 0 spiro atoms. The fourth-order valence-corrected chi connectivity index (χ4v) is 3.34. The van der Waals surface area contributed by atoms with Crippen LogP contribution in [0.3, 0.4) is 0 Å². The molecule has 160 valence electrons. The van der Waals surface area contributed by atoms with Gasteiger partial charge in [-0.15, -0.1) is 6.58 Å². The molecule has 1 heterocycles. The Bertz CT molecular complexity index is 1070. The molecule has 1 atom stereocenters. The molecule has 7 heteroatoms. The van der Waals surface area contributed by atoms with Gasteiger partial charge in [-0.1, -0.05) is 38.1 Å². The van der Waals surface area contributed by atoms with Crippen molar-refractivity contribution in [2.75, 3.05) is 11.9 Å². The Balaban J connectivity index is 1.71. The van der Waals surface area contributed by atoms with Gasteiger partial charge >= 0.3 is 5.97 Å². The molecule has 3 amide bonds. The molecule has 31 heavy (non-hydrogen) atoms. The number of nitrogens with one attached hydrogen (secondary N) is 1. The summed E-state index contributed by atoms with van der Waals surface area (Å²) in [6.45, 7) is 9.13. The molecule has 0 fully saturated rings. The summed E-state index contributed by atoms with van der Waals surface area (Å²) in [5, 5.41) is 2.79.